The van der Waals surface area contributed by atoms with E-state index in [1.807, 2.05) is 35.2 Å². The van der Waals surface area contributed by atoms with Gasteiger partial charge in [0.2, 0.25) is 5.91 Å². The van der Waals surface area contributed by atoms with Crippen LogP contribution in [0, 0.1) is 0 Å². The molecule has 130 valence electrons. The highest BCUT2D eigenvalue weighted by Crippen LogP contribution is 2.18. The van der Waals surface area contributed by atoms with Gasteiger partial charge in [0.25, 0.3) is 5.91 Å². The number of anilines is 1. The zero-order valence-corrected chi connectivity index (χ0v) is 14.5. The summed E-state index contributed by atoms with van der Waals surface area (Å²) in [7, 11) is 3.42. The third-order valence-corrected chi connectivity index (χ3v) is 4.20. The summed E-state index contributed by atoms with van der Waals surface area (Å²) < 4.78 is 0. The predicted molar refractivity (Wildman–Crippen MR) is 96.1 cm³/mol. The lowest BCUT2D eigenvalue weighted by molar-refractivity contribution is -0.128. The van der Waals surface area contributed by atoms with Crippen LogP contribution in [0.5, 0.6) is 0 Å². The number of rotatable bonds is 5. The molecule has 1 aromatic carbocycles. The molecular formula is C19H22N4O2. The largest absolute Gasteiger partial charge is 0.365 e. The molecule has 2 amide bonds. The van der Waals surface area contributed by atoms with E-state index in [4.69, 9.17) is 0 Å². The first-order valence-electron chi connectivity index (χ1n) is 8.29. The maximum Gasteiger partial charge on any atom is 0.254 e. The Hall–Kier alpha value is -2.89. The second-order valence-corrected chi connectivity index (χ2v) is 6.44. The van der Waals surface area contributed by atoms with Crippen molar-refractivity contribution >= 4 is 17.6 Å². The summed E-state index contributed by atoms with van der Waals surface area (Å²) in [4.78, 5) is 31.8. The molecule has 6 heteroatoms. The Labute approximate surface area is 147 Å². The van der Waals surface area contributed by atoms with Gasteiger partial charge in [-0.1, -0.05) is 30.3 Å². The van der Waals surface area contributed by atoms with Crippen LogP contribution in [0.15, 0.2) is 48.7 Å². The van der Waals surface area contributed by atoms with Crippen molar-refractivity contribution in [2.24, 2.45) is 0 Å². The van der Waals surface area contributed by atoms with Crippen LogP contribution in [0.2, 0.25) is 0 Å². The zero-order valence-electron chi connectivity index (χ0n) is 14.5. The Morgan fingerprint density at radius 2 is 2.00 bits per heavy atom. The van der Waals surface area contributed by atoms with E-state index < -0.39 is 0 Å². The summed E-state index contributed by atoms with van der Waals surface area (Å²) in [6.45, 7) is 1.27. The van der Waals surface area contributed by atoms with E-state index in [-0.39, 0.29) is 17.9 Å². The standard InChI is InChI=1S/C19H22N4O2/c1-22(2)19(25)15-8-9-17(20-11-15)21-16-10-18(24)23(13-16)12-14-6-4-3-5-7-14/h3-9,11,16H,10,12-13H2,1-2H3,(H,20,21). The topological polar surface area (TPSA) is 65.5 Å². The first kappa shape index (κ1) is 17.0. The Kier molecular flexibility index (Phi) is 4.97. The molecule has 6 nitrogen and oxygen atoms in total. The molecule has 0 spiro atoms. The van der Waals surface area contributed by atoms with Crippen LogP contribution < -0.4 is 5.32 Å². The van der Waals surface area contributed by atoms with E-state index in [0.717, 1.165) is 5.56 Å². The molecule has 1 saturated heterocycles. The van der Waals surface area contributed by atoms with Gasteiger partial charge in [0.1, 0.15) is 5.82 Å². The number of amides is 2. The molecule has 0 bridgehead atoms. The molecule has 1 aliphatic rings. The maximum atomic E-state index is 12.2. The van der Waals surface area contributed by atoms with Crippen LogP contribution in [0.1, 0.15) is 22.3 Å². The van der Waals surface area contributed by atoms with Gasteiger partial charge in [-0.05, 0) is 17.7 Å². The van der Waals surface area contributed by atoms with Crippen molar-refractivity contribution in [3.63, 3.8) is 0 Å². The fourth-order valence-corrected chi connectivity index (χ4v) is 2.90. The molecule has 2 heterocycles. The van der Waals surface area contributed by atoms with E-state index >= 15 is 0 Å². The fourth-order valence-electron chi connectivity index (χ4n) is 2.90. The second-order valence-electron chi connectivity index (χ2n) is 6.44. The van der Waals surface area contributed by atoms with Gasteiger partial charge >= 0.3 is 0 Å². The first-order valence-corrected chi connectivity index (χ1v) is 8.29. The number of carbonyl (C=O) groups excluding carboxylic acids is 2. The number of hydrogen-bond donors (Lipinski definition) is 1. The molecule has 0 radical (unpaired) electrons. The number of benzene rings is 1. The van der Waals surface area contributed by atoms with Crippen molar-refractivity contribution in [1.82, 2.24) is 14.8 Å². The summed E-state index contributed by atoms with van der Waals surface area (Å²) >= 11 is 0. The third-order valence-electron chi connectivity index (χ3n) is 4.20. The number of nitrogens with zero attached hydrogens (tertiary/aromatic N) is 3. The number of likely N-dealkylation sites (tertiary alicyclic amines) is 1. The van der Waals surface area contributed by atoms with Gasteiger partial charge in [-0.15, -0.1) is 0 Å². The first-order chi connectivity index (χ1) is 12.0. The van der Waals surface area contributed by atoms with Gasteiger partial charge in [0.15, 0.2) is 0 Å². The summed E-state index contributed by atoms with van der Waals surface area (Å²) in [5.74, 6) is 0.736. The molecule has 1 fully saturated rings. The van der Waals surface area contributed by atoms with Gasteiger partial charge in [0.05, 0.1) is 11.6 Å². The lowest BCUT2D eigenvalue weighted by Crippen LogP contribution is -2.27. The maximum absolute atomic E-state index is 12.2. The Balaban J connectivity index is 1.59. The summed E-state index contributed by atoms with van der Waals surface area (Å²) in [5, 5.41) is 3.28. The van der Waals surface area contributed by atoms with E-state index in [9.17, 15) is 9.59 Å². The highest BCUT2D eigenvalue weighted by molar-refractivity contribution is 5.93. The van der Waals surface area contributed by atoms with Crippen LogP contribution in [0.25, 0.3) is 0 Å². The van der Waals surface area contributed by atoms with Crippen LogP contribution in [-0.2, 0) is 11.3 Å². The molecule has 25 heavy (non-hydrogen) atoms. The van der Waals surface area contributed by atoms with Crippen LogP contribution in [-0.4, -0.2) is 53.3 Å². The normalized spacial score (nSPS) is 16.8. The molecule has 1 unspecified atom stereocenters. The highest BCUT2D eigenvalue weighted by Gasteiger charge is 2.29. The van der Waals surface area contributed by atoms with Crippen molar-refractivity contribution in [2.75, 3.05) is 26.0 Å². The van der Waals surface area contributed by atoms with Crippen molar-refractivity contribution in [3.05, 3.63) is 59.8 Å². The molecule has 1 aromatic heterocycles. The lowest BCUT2D eigenvalue weighted by Gasteiger charge is -2.17. The number of nitrogens with one attached hydrogen (secondary N) is 1. The molecule has 1 aliphatic heterocycles. The highest BCUT2D eigenvalue weighted by atomic mass is 16.2. The molecule has 0 aliphatic carbocycles. The monoisotopic (exact) mass is 338 g/mol. The van der Waals surface area contributed by atoms with E-state index in [1.165, 1.54) is 4.90 Å². The number of carbonyl (C=O) groups is 2. The van der Waals surface area contributed by atoms with Crippen LogP contribution in [0.3, 0.4) is 0 Å². The number of pyridine rings is 1. The number of hydrogen-bond acceptors (Lipinski definition) is 4. The summed E-state index contributed by atoms with van der Waals surface area (Å²) in [6, 6.07) is 13.5. The minimum absolute atomic E-state index is 0.0270. The molecule has 1 atom stereocenters. The predicted octanol–water partition coefficient (Wildman–Crippen LogP) is 2.00. The Bertz CT molecular complexity index is 744. The average Bonchev–Trinajstić information content (AvgIpc) is 2.95. The Morgan fingerprint density at radius 3 is 2.64 bits per heavy atom. The van der Waals surface area contributed by atoms with Gasteiger partial charge in [-0.3, -0.25) is 9.59 Å². The van der Waals surface area contributed by atoms with Crippen molar-refractivity contribution < 1.29 is 9.59 Å². The van der Waals surface area contributed by atoms with Crippen LogP contribution >= 0.6 is 0 Å². The van der Waals surface area contributed by atoms with Gasteiger partial charge in [0, 0.05) is 39.8 Å². The second kappa shape index (κ2) is 7.34. The summed E-state index contributed by atoms with van der Waals surface area (Å²) in [5.41, 5.74) is 1.67. The SMILES string of the molecule is CN(C)C(=O)c1ccc(NC2CC(=O)N(Cc3ccccc3)C2)nc1. The zero-order chi connectivity index (χ0) is 17.8. The van der Waals surface area contributed by atoms with E-state index in [2.05, 4.69) is 10.3 Å². The third kappa shape index (κ3) is 4.15. The van der Waals surface area contributed by atoms with Gasteiger partial charge < -0.3 is 15.1 Å². The molecule has 1 N–H and O–H groups in total. The average molecular weight is 338 g/mol. The fraction of sp³-hybridized carbons (Fsp3) is 0.316. The Morgan fingerprint density at radius 1 is 1.24 bits per heavy atom. The lowest BCUT2D eigenvalue weighted by atomic mass is 10.2. The van der Waals surface area contributed by atoms with Crippen molar-refractivity contribution in [1.29, 1.82) is 0 Å². The van der Waals surface area contributed by atoms with Gasteiger partial charge in [-0.2, -0.15) is 0 Å². The molecule has 0 saturated carbocycles. The van der Waals surface area contributed by atoms with Crippen molar-refractivity contribution in [2.45, 2.75) is 19.0 Å². The summed E-state index contributed by atoms with van der Waals surface area (Å²) in [6.07, 6.45) is 2.01. The van der Waals surface area contributed by atoms with Crippen LogP contribution in [0.4, 0.5) is 5.82 Å². The van der Waals surface area contributed by atoms with Crippen molar-refractivity contribution in [3.8, 4) is 0 Å². The molecule has 2 aromatic rings. The smallest absolute Gasteiger partial charge is 0.254 e. The number of aromatic nitrogens is 1. The molecule has 3 rings (SSSR count). The molecular weight excluding hydrogens is 316 g/mol. The quantitative estimate of drug-likeness (QED) is 0.905. The minimum atomic E-state index is -0.0795. The minimum Gasteiger partial charge on any atom is -0.365 e. The van der Waals surface area contributed by atoms with Gasteiger partial charge in [-0.25, -0.2) is 4.98 Å². The van der Waals surface area contributed by atoms with E-state index in [1.54, 1.807) is 32.4 Å². The van der Waals surface area contributed by atoms with E-state index in [0.29, 0.717) is 30.9 Å².